The number of anilines is 1. The van der Waals surface area contributed by atoms with Crippen LogP contribution in [0.4, 0.5) is 5.82 Å². The van der Waals surface area contributed by atoms with Crippen LogP contribution in [0.2, 0.25) is 0 Å². The van der Waals surface area contributed by atoms with E-state index in [1.54, 1.807) is 0 Å². The van der Waals surface area contributed by atoms with E-state index in [4.69, 9.17) is 16.3 Å². The largest absolute Gasteiger partial charge is 0.475 e. The molecule has 0 radical (unpaired) electrons. The summed E-state index contributed by atoms with van der Waals surface area (Å²) in [7, 11) is 1.94. The zero-order valence-electron chi connectivity index (χ0n) is 10.1. The van der Waals surface area contributed by atoms with Gasteiger partial charge in [-0.2, -0.15) is 0 Å². The lowest BCUT2D eigenvalue weighted by molar-refractivity contribution is 0.232. The number of alkyl halides is 1. The summed E-state index contributed by atoms with van der Waals surface area (Å²) in [5.41, 5.74) is 0. The Kier molecular flexibility index (Phi) is 4.80. The summed E-state index contributed by atoms with van der Waals surface area (Å²) in [6, 6.07) is 1.82. The van der Waals surface area contributed by atoms with Crippen LogP contribution in [0.3, 0.4) is 0 Å². The number of halogens is 1. The molecule has 0 aromatic carbocycles. The van der Waals surface area contributed by atoms with Gasteiger partial charge in [-0.1, -0.05) is 0 Å². The maximum absolute atomic E-state index is 5.93. The molecule has 90 valence electrons. The second-order valence-corrected chi connectivity index (χ2v) is 4.79. The van der Waals surface area contributed by atoms with Gasteiger partial charge in [-0.05, 0) is 20.8 Å². The van der Waals surface area contributed by atoms with Gasteiger partial charge in [0.2, 0.25) is 5.88 Å². The Morgan fingerprint density at radius 2 is 2.06 bits per heavy atom. The predicted octanol–water partition coefficient (Wildman–Crippen LogP) is 2.33. The topological polar surface area (TPSA) is 38.2 Å². The molecule has 1 heterocycles. The minimum absolute atomic E-state index is 0.0782. The van der Waals surface area contributed by atoms with Crippen LogP contribution in [-0.4, -0.2) is 35.0 Å². The summed E-state index contributed by atoms with van der Waals surface area (Å²) >= 11 is 5.93. The Balaban J connectivity index is 2.73. The van der Waals surface area contributed by atoms with Gasteiger partial charge in [0, 0.05) is 25.0 Å². The molecule has 0 saturated carbocycles. The summed E-state index contributed by atoms with van der Waals surface area (Å²) in [4.78, 5) is 10.2. The van der Waals surface area contributed by atoms with Gasteiger partial charge in [0.1, 0.15) is 12.1 Å². The van der Waals surface area contributed by atoms with Crippen molar-refractivity contribution in [1.29, 1.82) is 0 Å². The molecule has 0 aliphatic carbocycles. The highest BCUT2D eigenvalue weighted by Crippen LogP contribution is 2.16. The predicted molar refractivity (Wildman–Crippen MR) is 66.4 cm³/mol. The number of aromatic nitrogens is 2. The van der Waals surface area contributed by atoms with E-state index in [-0.39, 0.29) is 11.5 Å². The fourth-order valence-corrected chi connectivity index (χ4v) is 1.52. The average molecular weight is 244 g/mol. The van der Waals surface area contributed by atoms with E-state index in [0.717, 1.165) is 12.4 Å². The number of ether oxygens (including phenoxy) is 1. The van der Waals surface area contributed by atoms with E-state index < -0.39 is 0 Å². The van der Waals surface area contributed by atoms with Crippen LogP contribution in [-0.2, 0) is 0 Å². The Labute approximate surface area is 102 Å². The van der Waals surface area contributed by atoms with Crippen LogP contribution in [0, 0.1) is 0 Å². The molecule has 1 aromatic heterocycles. The molecule has 0 spiro atoms. The molecule has 0 fully saturated rings. The lowest BCUT2D eigenvalue weighted by Gasteiger charge is -2.19. The molecule has 1 aromatic rings. The lowest BCUT2D eigenvalue weighted by Crippen LogP contribution is -2.25. The minimum Gasteiger partial charge on any atom is -0.475 e. The summed E-state index contributed by atoms with van der Waals surface area (Å²) in [6.07, 6.45) is 1.61. The third-order valence-electron chi connectivity index (χ3n) is 1.90. The molecule has 4 nitrogen and oxygen atoms in total. The third kappa shape index (κ3) is 4.23. The number of hydrogen-bond acceptors (Lipinski definition) is 4. The van der Waals surface area contributed by atoms with E-state index in [1.807, 2.05) is 38.8 Å². The van der Waals surface area contributed by atoms with Crippen molar-refractivity contribution in [3.63, 3.8) is 0 Å². The summed E-state index contributed by atoms with van der Waals surface area (Å²) in [6.45, 7) is 6.61. The van der Waals surface area contributed by atoms with Crippen molar-refractivity contribution in [2.24, 2.45) is 0 Å². The maximum Gasteiger partial charge on any atom is 0.218 e. The monoisotopic (exact) mass is 243 g/mol. The normalized spacial score (nSPS) is 12.6. The second-order valence-electron chi connectivity index (χ2n) is 4.04. The highest BCUT2D eigenvalue weighted by atomic mass is 35.5. The summed E-state index contributed by atoms with van der Waals surface area (Å²) < 4.78 is 5.50. The highest BCUT2D eigenvalue weighted by molar-refractivity contribution is 6.20. The van der Waals surface area contributed by atoms with Crippen LogP contribution in [0.5, 0.6) is 5.88 Å². The zero-order valence-corrected chi connectivity index (χ0v) is 10.9. The fraction of sp³-hybridized carbons (Fsp3) is 0.636. The standard InChI is InChI=1S/C11H18ClN3O/c1-8(2)16-11-5-10(13-7-14-11)15(4)6-9(3)12/h5,7-9H,6H2,1-4H3. The van der Waals surface area contributed by atoms with Gasteiger partial charge in [-0.15, -0.1) is 11.6 Å². The molecule has 0 aliphatic heterocycles. The molecule has 1 atom stereocenters. The summed E-state index contributed by atoms with van der Waals surface area (Å²) in [5.74, 6) is 1.41. The SMILES string of the molecule is CC(Cl)CN(C)c1cc(OC(C)C)ncn1. The first kappa shape index (κ1) is 13.0. The highest BCUT2D eigenvalue weighted by Gasteiger charge is 2.08. The third-order valence-corrected chi connectivity index (χ3v) is 2.04. The van der Waals surface area contributed by atoms with E-state index in [0.29, 0.717) is 5.88 Å². The molecule has 0 N–H and O–H groups in total. The first-order chi connectivity index (χ1) is 7.49. The smallest absolute Gasteiger partial charge is 0.218 e. The molecule has 0 bridgehead atoms. The van der Waals surface area contributed by atoms with Crippen LogP contribution < -0.4 is 9.64 Å². The fourth-order valence-electron chi connectivity index (χ4n) is 1.32. The van der Waals surface area contributed by atoms with E-state index >= 15 is 0 Å². The number of hydrogen-bond donors (Lipinski definition) is 0. The van der Waals surface area contributed by atoms with Crippen LogP contribution in [0.25, 0.3) is 0 Å². The molecule has 1 rings (SSSR count). The zero-order chi connectivity index (χ0) is 12.1. The van der Waals surface area contributed by atoms with Gasteiger partial charge in [-0.25, -0.2) is 9.97 Å². The van der Waals surface area contributed by atoms with Gasteiger partial charge < -0.3 is 9.64 Å². The Hall–Kier alpha value is -1.03. The first-order valence-corrected chi connectivity index (χ1v) is 5.76. The quantitative estimate of drug-likeness (QED) is 0.744. The molecule has 16 heavy (non-hydrogen) atoms. The van der Waals surface area contributed by atoms with Crippen molar-refractivity contribution < 1.29 is 4.74 Å². The van der Waals surface area contributed by atoms with Crippen LogP contribution >= 0.6 is 11.6 Å². The van der Waals surface area contributed by atoms with E-state index in [9.17, 15) is 0 Å². The van der Waals surface area contributed by atoms with Crippen LogP contribution in [0.1, 0.15) is 20.8 Å². The number of rotatable bonds is 5. The average Bonchev–Trinajstić information content (AvgIpc) is 2.16. The molecular formula is C11H18ClN3O. The molecule has 0 saturated heterocycles. The molecule has 0 amide bonds. The minimum atomic E-state index is 0.0782. The second kappa shape index (κ2) is 5.89. The van der Waals surface area contributed by atoms with Crippen molar-refractivity contribution >= 4 is 17.4 Å². The van der Waals surface area contributed by atoms with Crippen molar-refractivity contribution in [2.45, 2.75) is 32.3 Å². The van der Waals surface area contributed by atoms with Gasteiger partial charge in [0.15, 0.2) is 0 Å². The van der Waals surface area contributed by atoms with Crippen molar-refractivity contribution in [3.05, 3.63) is 12.4 Å². The molecule has 5 heteroatoms. The van der Waals surface area contributed by atoms with Gasteiger partial charge >= 0.3 is 0 Å². The summed E-state index contributed by atoms with van der Waals surface area (Å²) in [5, 5.41) is 0.0782. The van der Waals surface area contributed by atoms with Gasteiger partial charge in [0.05, 0.1) is 6.10 Å². The maximum atomic E-state index is 5.93. The van der Waals surface area contributed by atoms with E-state index in [1.165, 1.54) is 6.33 Å². The Bertz CT molecular complexity index is 331. The lowest BCUT2D eigenvalue weighted by atomic mass is 10.4. The Morgan fingerprint density at radius 1 is 1.38 bits per heavy atom. The van der Waals surface area contributed by atoms with Gasteiger partial charge in [0.25, 0.3) is 0 Å². The Morgan fingerprint density at radius 3 is 2.62 bits per heavy atom. The molecule has 1 unspecified atom stereocenters. The van der Waals surface area contributed by atoms with Crippen molar-refractivity contribution in [1.82, 2.24) is 9.97 Å². The molecular weight excluding hydrogens is 226 g/mol. The van der Waals surface area contributed by atoms with E-state index in [2.05, 4.69) is 9.97 Å². The number of nitrogens with zero attached hydrogens (tertiary/aromatic N) is 3. The van der Waals surface area contributed by atoms with Crippen molar-refractivity contribution in [3.8, 4) is 5.88 Å². The van der Waals surface area contributed by atoms with Crippen molar-refractivity contribution in [2.75, 3.05) is 18.5 Å². The van der Waals surface area contributed by atoms with Crippen LogP contribution in [0.15, 0.2) is 12.4 Å². The first-order valence-electron chi connectivity index (χ1n) is 5.33. The molecule has 0 aliphatic rings. The van der Waals surface area contributed by atoms with Gasteiger partial charge in [-0.3, -0.25) is 0 Å².